The Morgan fingerprint density at radius 3 is 2.79 bits per heavy atom. The number of nitrogens with one attached hydrogen (secondary N) is 3. The van der Waals surface area contributed by atoms with Gasteiger partial charge in [-0.1, -0.05) is 24.3 Å². The minimum absolute atomic E-state index is 0.0412. The minimum Gasteiger partial charge on any atom is -0.494 e. The third-order valence-electron chi connectivity index (χ3n) is 2.91. The molecule has 0 bridgehead atoms. The molecule has 124 valence electrons. The van der Waals surface area contributed by atoms with Crippen LogP contribution in [0.4, 0.5) is 5.69 Å². The maximum Gasteiger partial charge on any atom is 0.264 e. The molecule has 0 aliphatic heterocycles. The zero-order chi connectivity index (χ0) is 17.5. The molecule has 0 radical (unpaired) electrons. The first-order valence-electron chi connectivity index (χ1n) is 6.85. The smallest absolute Gasteiger partial charge is 0.264 e. The largest absolute Gasteiger partial charge is 0.494 e. The topological polar surface area (TPSA) is 94.4 Å². The lowest BCUT2D eigenvalue weighted by Gasteiger charge is -2.09. The van der Waals surface area contributed by atoms with Gasteiger partial charge in [-0.2, -0.15) is 5.10 Å². The standard InChI is InChI=1S/C15H15N5O2S2/c1-2-8-20-13(22)11(12(21)18-15(20)24)9-16-19-14(23)17-10-6-4-3-5-7-10/h2-7,9,22H,1,8H2,(H2,17,19,23)(H,18,21,24)/b16-9+. The van der Waals surface area contributed by atoms with Gasteiger partial charge in [0.25, 0.3) is 5.56 Å². The summed E-state index contributed by atoms with van der Waals surface area (Å²) in [5.41, 5.74) is 2.78. The van der Waals surface area contributed by atoms with Gasteiger partial charge in [0, 0.05) is 12.2 Å². The molecule has 0 saturated carbocycles. The molecule has 0 fully saturated rings. The summed E-state index contributed by atoms with van der Waals surface area (Å²) in [5, 5.41) is 17.2. The Balaban J connectivity index is 2.13. The Bertz CT molecular complexity index is 887. The fourth-order valence-electron chi connectivity index (χ4n) is 1.83. The number of allylic oxidation sites excluding steroid dienone is 1. The molecular formula is C15H15N5O2S2. The zero-order valence-corrected chi connectivity index (χ0v) is 14.2. The second-order valence-electron chi connectivity index (χ2n) is 4.59. The predicted octanol–water partition coefficient (Wildman–Crippen LogP) is 2.12. The lowest BCUT2D eigenvalue weighted by molar-refractivity contribution is 0.413. The van der Waals surface area contributed by atoms with Crippen LogP contribution < -0.4 is 16.3 Å². The van der Waals surface area contributed by atoms with E-state index in [1.165, 1.54) is 10.8 Å². The van der Waals surface area contributed by atoms with Crippen molar-refractivity contribution >= 4 is 41.5 Å². The van der Waals surface area contributed by atoms with Gasteiger partial charge in [-0.15, -0.1) is 6.58 Å². The summed E-state index contributed by atoms with van der Waals surface area (Å²) in [7, 11) is 0. The fourth-order valence-corrected chi connectivity index (χ4v) is 2.25. The van der Waals surface area contributed by atoms with Gasteiger partial charge in [0.15, 0.2) is 9.88 Å². The highest BCUT2D eigenvalue weighted by Gasteiger charge is 2.09. The van der Waals surface area contributed by atoms with Crippen LogP contribution >= 0.6 is 24.4 Å². The van der Waals surface area contributed by atoms with E-state index in [0.717, 1.165) is 5.69 Å². The van der Waals surface area contributed by atoms with Crippen LogP contribution in [0.15, 0.2) is 52.9 Å². The minimum atomic E-state index is -0.551. The van der Waals surface area contributed by atoms with Crippen LogP contribution in [0, 0.1) is 4.77 Å². The van der Waals surface area contributed by atoms with Crippen LogP contribution in [0.1, 0.15) is 5.56 Å². The van der Waals surface area contributed by atoms with E-state index >= 15 is 0 Å². The molecule has 0 aliphatic rings. The number of hydrazone groups is 1. The summed E-state index contributed by atoms with van der Waals surface area (Å²) >= 11 is 10.1. The number of anilines is 1. The van der Waals surface area contributed by atoms with Crippen LogP contribution in [-0.4, -0.2) is 26.0 Å². The summed E-state index contributed by atoms with van der Waals surface area (Å²) in [6.07, 6.45) is 2.72. The Labute approximate surface area is 148 Å². The molecule has 0 saturated heterocycles. The van der Waals surface area contributed by atoms with Gasteiger partial charge in [0.1, 0.15) is 5.56 Å². The van der Waals surface area contributed by atoms with Crippen molar-refractivity contribution in [3.63, 3.8) is 0 Å². The maximum absolute atomic E-state index is 11.9. The van der Waals surface area contributed by atoms with Crippen molar-refractivity contribution in [1.29, 1.82) is 0 Å². The normalized spacial score (nSPS) is 10.5. The molecule has 4 N–H and O–H groups in total. The first-order valence-corrected chi connectivity index (χ1v) is 7.66. The first-order chi connectivity index (χ1) is 11.5. The molecule has 9 heteroatoms. The summed E-state index contributed by atoms with van der Waals surface area (Å²) in [4.78, 5) is 14.4. The van der Waals surface area contributed by atoms with Gasteiger partial charge in [0.2, 0.25) is 5.88 Å². The Hall–Kier alpha value is -2.78. The van der Waals surface area contributed by atoms with Crippen LogP contribution in [0.2, 0.25) is 0 Å². The number of aromatic amines is 1. The molecule has 0 spiro atoms. The SMILES string of the molecule is C=CCn1c(O)c(/C=N/NC(=S)Nc2ccccc2)c(=O)[nH]c1=S. The molecule has 7 nitrogen and oxygen atoms in total. The molecular weight excluding hydrogens is 346 g/mol. The molecule has 2 aromatic rings. The third-order valence-corrected chi connectivity index (χ3v) is 3.43. The molecule has 0 atom stereocenters. The van der Waals surface area contributed by atoms with Crippen LogP contribution in [0.5, 0.6) is 5.88 Å². The molecule has 0 aliphatic carbocycles. The Kier molecular flexibility index (Phi) is 5.99. The van der Waals surface area contributed by atoms with Crippen molar-refractivity contribution in [2.75, 3.05) is 5.32 Å². The number of aromatic hydroxyl groups is 1. The Morgan fingerprint density at radius 2 is 2.12 bits per heavy atom. The van der Waals surface area contributed by atoms with E-state index in [0.29, 0.717) is 0 Å². The monoisotopic (exact) mass is 361 g/mol. The van der Waals surface area contributed by atoms with Gasteiger partial charge in [-0.3, -0.25) is 19.8 Å². The number of aromatic nitrogens is 2. The van der Waals surface area contributed by atoms with Crippen LogP contribution in [0.25, 0.3) is 0 Å². The molecule has 1 heterocycles. The quantitative estimate of drug-likeness (QED) is 0.282. The molecule has 0 unspecified atom stereocenters. The lowest BCUT2D eigenvalue weighted by Crippen LogP contribution is -2.25. The van der Waals surface area contributed by atoms with Gasteiger partial charge in [-0.05, 0) is 36.6 Å². The van der Waals surface area contributed by atoms with E-state index < -0.39 is 5.56 Å². The summed E-state index contributed by atoms with van der Waals surface area (Å²) in [6.45, 7) is 3.83. The maximum atomic E-state index is 11.9. The van der Waals surface area contributed by atoms with Gasteiger partial charge < -0.3 is 10.4 Å². The number of nitrogens with zero attached hydrogens (tertiary/aromatic N) is 2. The highest BCUT2D eigenvalue weighted by Crippen LogP contribution is 2.11. The van der Waals surface area contributed by atoms with Crippen LogP contribution in [0.3, 0.4) is 0 Å². The second-order valence-corrected chi connectivity index (χ2v) is 5.38. The van der Waals surface area contributed by atoms with E-state index in [1.807, 2.05) is 30.3 Å². The summed E-state index contributed by atoms with van der Waals surface area (Å²) in [5.74, 6) is -0.295. The number of rotatable bonds is 5. The van der Waals surface area contributed by atoms with Crippen molar-refractivity contribution in [1.82, 2.24) is 15.0 Å². The van der Waals surface area contributed by atoms with Gasteiger partial charge >= 0.3 is 0 Å². The predicted molar refractivity (Wildman–Crippen MR) is 101 cm³/mol. The van der Waals surface area contributed by atoms with Crippen molar-refractivity contribution < 1.29 is 5.11 Å². The number of hydrogen-bond donors (Lipinski definition) is 4. The molecule has 0 amide bonds. The van der Waals surface area contributed by atoms with Crippen molar-refractivity contribution in [2.45, 2.75) is 6.54 Å². The number of hydrogen-bond acceptors (Lipinski definition) is 5. The molecule has 1 aromatic heterocycles. The van der Waals surface area contributed by atoms with E-state index in [-0.39, 0.29) is 27.9 Å². The molecule has 24 heavy (non-hydrogen) atoms. The van der Waals surface area contributed by atoms with Gasteiger partial charge in [-0.25, -0.2) is 0 Å². The average Bonchev–Trinajstić information content (AvgIpc) is 2.55. The summed E-state index contributed by atoms with van der Waals surface area (Å²) in [6, 6.07) is 9.29. The fraction of sp³-hybridized carbons (Fsp3) is 0.0667. The lowest BCUT2D eigenvalue weighted by atomic mass is 10.3. The second kappa shape index (κ2) is 8.18. The van der Waals surface area contributed by atoms with E-state index in [4.69, 9.17) is 24.4 Å². The highest BCUT2D eigenvalue weighted by atomic mass is 32.1. The molecule has 2 rings (SSSR count). The highest BCUT2D eigenvalue weighted by molar-refractivity contribution is 7.80. The van der Waals surface area contributed by atoms with Crippen molar-refractivity contribution in [2.24, 2.45) is 5.10 Å². The third kappa shape index (κ3) is 4.37. The summed E-state index contributed by atoms with van der Waals surface area (Å²) < 4.78 is 1.43. The number of para-hydroxylation sites is 1. The number of H-pyrrole nitrogens is 1. The zero-order valence-electron chi connectivity index (χ0n) is 12.5. The van der Waals surface area contributed by atoms with Crippen LogP contribution in [-0.2, 0) is 6.54 Å². The number of thiocarbonyl (C=S) groups is 1. The first kappa shape index (κ1) is 17.6. The van der Waals surface area contributed by atoms with E-state index in [2.05, 4.69) is 27.4 Å². The van der Waals surface area contributed by atoms with Crippen molar-refractivity contribution in [3.8, 4) is 5.88 Å². The van der Waals surface area contributed by atoms with E-state index in [9.17, 15) is 9.90 Å². The van der Waals surface area contributed by atoms with E-state index in [1.54, 1.807) is 6.08 Å². The Morgan fingerprint density at radius 1 is 1.42 bits per heavy atom. The average molecular weight is 361 g/mol. The molecule has 1 aromatic carbocycles. The van der Waals surface area contributed by atoms with Gasteiger partial charge in [0.05, 0.1) is 6.21 Å². The number of benzene rings is 1. The van der Waals surface area contributed by atoms with Crippen molar-refractivity contribution in [3.05, 3.63) is 63.7 Å².